The van der Waals surface area contributed by atoms with Gasteiger partial charge in [0.05, 0.1) is 43.6 Å². The molecule has 0 unspecified atom stereocenters. The second-order valence-electron chi connectivity index (χ2n) is 13.9. The minimum Gasteiger partial charge on any atom is -0.309 e. The molecule has 0 aliphatic carbocycles. The summed E-state index contributed by atoms with van der Waals surface area (Å²) in [4.78, 5) is 0. The summed E-state index contributed by atoms with van der Waals surface area (Å²) in [5.74, 6) is 0. The molecule has 8 aromatic carbocycles. The van der Waals surface area contributed by atoms with Crippen molar-refractivity contribution in [2.45, 2.75) is 0 Å². The summed E-state index contributed by atoms with van der Waals surface area (Å²) in [5.41, 5.74) is 11.1. The molecule has 11 aromatic rings. The molecule has 254 valence electrons. The van der Waals surface area contributed by atoms with E-state index in [1.807, 2.05) is 42.5 Å². The summed E-state index contributed by atoms with van der Waals surface area (Å²) in [6, 6.07) is 64.4. The van der Waals surface area contributed by atoms with Gasteiger partial charge in [-0.15, -0.1) is 11.3 Å². The van der Waals surface area contributed by atoms with Gasteiger partial charge < -0.3 is 9.13 Å². The molecule has 0 bridgehead atoms. The zero-order valence-corrected chi connectivity index (χ0v) is 30.2. The molecule has 0 saturated carbocycles. The van der Waals surface area contributed by atoms with Crippen LogP contribution >= 0.6 is 11.3 Å². The molecule has 55 heavy (non-hydrogen) atoms. The fourth-order valence-corrected chi connectivity index (χ4v) is 9.92. The topological polar surface area (TPSA) is 57.4 Å². The third kappa shape index (κ3) is 4.49. The smallest absolute Gasteiger partial charge is 0.102 e. The third-order valence-corrected chi connectivity index (χ3v) is 12.2. The van der Waals surface area contributed by atoms with Crippen molar-refractivity contribution in [2.75, 3.05) is 0 Å². The molecule has 0 saturated heterocycles. The zero-order chi connectivity index (χ0) is 36.6. The Morgan fingerprint density at radius 3 is 1.56 bits per heavy atom. The molecule has 0 aliphatic heterocycles. The van der Waals surface area contributed by atoms with Gasteiger partial charge >= 0.3 is 0 Å². The molecule has 3 aromatic heterocycles. The van der Waals surface area contributed by atoms with Crippen LogP contribution in [-0.4, -0.2) is 9.13 Å². The minimum atomic E-state index is 0.494. The van der Waals surface area contributed by atoms with E-state index in [4.69, 9.17) is 0 Å². The number of fused-ring (bicyclic) bond motifs is 9. The van der Waals surface area contributed by atoms with Crippen molar-refractivity contribution in [3.05, 3.63) is 181 Å². The maximum absolute atomic E-state index is 11.1. The van der Waals surface area contributed by atoms with Crippen molar-refractivity contribution in [3.63, 3.8) is 0 Å². The average molecular weight is 717 g/mol. The molecule has 0 N–H and O–H groups in total. The van der Waals surface area contributed by atoms with E-state index in [9.17, 15) is 10.5 Å². The number of aromatic nitrogens is 2. The van der Waals surface area contributed by atoms with E-state index in [-0.39, 0.29) is 0 Å². The van der Waals surface area contributed by atoms with Crippen LogP contribution in [0.4, 0.5) is 0 Å². The number of nitriles is 2. The fourth-order valence-electron chi connectivity index (χ4n) is 8.67. The first-order valence-electron chi connectivity index (χ1n) is 18.2. The van der Waals surface area contributed by atoms with Crippen LogP contribution in [-0.2, 0) is 0 Å². The van der Waals surface area contributed by atoms with Gasteiger partial charge in [0.15, 0.2) is 0 Å². The van der Waals surface area contributed by atoms with E-state index in [1.165, 1.54) is 21.8 Å². The summed E-state index contributed by atoms with van der Waals surface area (Å²) in [6.07, 6.45) is 0. The molecule has 11 rings (SSSR count). The number of benzene rings is 8. The van der Waals surface area contributed by atoms with Gasteiger partial charge in [0.25, 0.3) is 0 Å². The number of thiophene rings is 1. The Hall–Kier alpha value is -7.44. The van der Waals surface area contributed by atoms with E-state index in [2.05, 4.69) is 149 Å². The first kappa shape index (κ1) is 31.1. The Morgan fingerprint density at radius 2 is 0.927 bits per heavy atom. The predicted molar refractivity (Wildman–Crippen MR) is 228 cm³/mol. The van der Waals surface area contributed by atoms with Gasteiger partial charge in [-0.05, 0) is 71.3 Å². The van der Waals surface area contributed by atoms with Crippen LogP contribution in [0.1, 0.15) is 11.1 Å². The SMILES string of the molecule is N#Cc1c(-c2ccccc2)c(C#N)c2c(sc3ccccc32)c1-n1c2ccccc2c2cc(-c3ccc4c(c3)c3ccccc3n4-c3ccccc3)ccc21. The molecule has 0 spiro atoms. The van der Waals surface area contributed by atoms with Crippen LogP contribution in [0.15, 0.2) is 170 Å². The molecular weight excluding hydrogens is 689 g/mol. The molecule has 0 radical (unpaired) electrons. The first-order chi connectivity index (χ1) is 27.2. The third-order valence-electron chi connectivity index (χ3n) is 11.0. The molecular formula is C50H28N4S. The van der Waals surface area contributed by atoms with Gasteiger partial charge in [-0.1, -0.05) is 115 Å². The lowest BCUT2D eigenvalue weighted by Crippen LogP contribution is -2.02. The summed E-state index contributed by atoms with van der Waals surface area (Å²) >= 11 is 1.64. The van der Waals surface area contributed by atoms with Crippen molar-refractivity contribution in [2.24, 2.45) is 0 Å². The maximum Gasteiger partial charge on any atom is 0.102 e. The van der Waals surface area contributed by atoms with Gasteiger partial charge in [0, 0.05) is 48.3 Å². The molecule has 5 heteroatoms. The van der Waals surface area contributed by atoms with Gasteiger partial charge in [0.2, 0.25) is 0 Å². The lowest BCUT2D eigenvalue weighted by molar-refractivity contribution is 1.18. The number of hydrogen-bond acceptors (Lipinski definition) is 3. The summed E-state index contributed by atoms with van der Waals surface area (Å²) in [7, 11) is 0. The van der Waals surface area contributed by atoms with Crippen LogP contribution in [0.25, 0.3) is 97.4 Å². The highest BCUT2D eigenvalue weighted by atomic mass is 32.1. The number of nitrogens with zero attached hydrogens (tertiary/aromatic N) is 4. The zero-order valence-electron chi connectivity index (χ0n) is 29.4. The Labute approximate surface area is 320 Å². The van der Waals surface area contributed by atoms with E-state index >= 15 is 0 Å². The first-order valence-corrected chi connectivity index (χ1v) is 19.0. The standard InChI is InChI=1S/C50H28N4S/c51-29-40-47(31-13-3-1-4-14-31)41(30-52)49(50-48(40)37-19-9-12-22-46(37)55-50)54-43-21-11-8-18-36(43)39-28-33(24-26-45(39)54)32-23-25-44-38(27-32)35-17-7-10-20-42(35)53(44)34-15-5-2-6-16-34/h1-28H. The van der Waals surface area contributed by atoms with Crippen LogP contribution in [0.3, 0.4) is 0 Å². The Bertz CT molecular complexity index is 3440. The van der Waals surface area contributed by atoms with Gasteiger partial charge in [0.1, 0.15) is 12.1 Å². The van der Waals surface area contributed by atoms with Crippen LogP contribution in [0.5, 0.6) is 0 Å². The maximum atomic E-state index is 11.1. The molecule has 4 nitrogen and oxygen atoms in total. The molecule has 3 heterocycles. The van der Waals surface area contributed by atoms with Crippen molar-refractivity contribution in [1.29, 1.82) is 10.5 Å². The molecule has 0 aliphatic rings. The molecule has 0 fully saturated rings. The van der Waals surface area contributed by atoms with Crippen molar-refractivity contribution < 1.29 is 0 Å². The van der Waals surface area contributed by atoms with Gasteiger partial charge in [-0.25, -0.2) is 0 Å². The second kappa shape index (κ2) is 12.0. The number of hydrogen-bond donors (Lipinski definition) is 0. The second-order valence-corrected chi connectivity index (χ2v) is 14.9. The van der Waals surface area contributed by atoms with Gasteiger partial charge in [-0.2, -0.15) is 10.5 Å². The minimum absolute atomic E-state index is 0.494. The van der Waals surface area contributed by atoms with E-state index in [0.717, 1.165) is 70.0 Å². The lowest BCUT2D eigenvalue weighted by atomic mass is 9.90. The summed E-state index contributed by atoms with van der Waals surface area (Å²) < 4.78 is 6.61. The fraction of sp³-hybridized carbons (Fsp3) is 0. The predicted octanol–water partition coefficient (Wildman–Crippen LogP) is 13.3. The Morgan fingerprint density at radius 1 is 0.418 bits per heavy atom. The molecule has 0 amide bonds. The Balaban J connectivity index is 1.20. The van der Waals surface area contributed by atoms with Crippen molar-refractivity contribution in [3.8, 4) is 45.8 Å². The normalized spacial score (nSPS) is 11.6. The van der Waals surface area contributed by atoms with Crippen molar-refractivity contribution in [1.82, 2.24) is 9.13 Å². The van der Waals surface area contributed by atoms with Crippen molar-refractivity contribution >= 4 is 75.1 Å². The quantitative estimate of drug-likeness (QED) is 0.182. The average Bonchev–Trinajstić information content (AvgIpc) is 3.91. The lowest BCUT2D eigenvalue weighted by Gasteiger charge is -2.17. The highest BCUT2D eigenvalue weighted by molar-refractivity contribution is 7.26. The van der Waals surface area contributed by atoms with Crippen LogP contribution in [0, 0.1) is 22.7 Å². The number of rotatable bonds is 4. The molecule has 0 atom stereocenters. The van der Waals surface area contributed by atoms with Gasteiger partial charge in [-0.3, -0.25) is 0 Å². The highest BCUT2D eigenvalue weighted by Crippen LogP contribution is 2.48. The van der Waals surface area contributed by atoms with Crippen LogP contribution < -0.4 is 0 Å². The van der Waals surface area contributed by atoms with E-state index in [1.54, 1.807) is 11.3 Å². The Kier molecular flexibility index (Phi) is 6.82. The number of para-hydroxylation sites is 3. The van der Waals surface area contributed by atoms with E-state index < -0.39 is 0 Å². The summed E-state index contributed by atoms with van der Waals surface area (Å²) in [6.45, 7) is 0. The highest BCUT2D eigenvalue weighted by Gasteiger charge is 2.27. The monoisotopic (exact) mass is 716 g/mol. The van der Waals surface area contributed by atoms with Crippen LogP contribution in [0.2, 0.25) is 0 Å². The largest absolute Gasteiger partial charge is 0.309 e. The summed E-state index contributed by atoms with van der Waals surface area (Å²) in [5, 5.41) is 28.5. The van der Waals surface area contributed by atoms with E-state index in [0.29, 0.717) is 16.7 Å².